The lowest BCUT2D eigenvalue weighted by atomic mass is 10.1. The Kier molecular flexibility index (Phi) is 4.80. The molecule has 1 aliphatic carbocycles. The Bertz CT molecular complexity index is 1110. The summed E-state index contributed by atoms with van der Waals surface area (Å²) < 4.78 is 39.0. The number of thiazole rings is 1. The van der Waals surface area contributed by atoms with Crippen molar-refractivity contribution < 1.29 is 18.4 Å². The number of hydrogen-bond acceptors (Lipinski definition) is 7. The summed E-state index contributed by atoms with van der Waals surface area (Å²) in [6.45, 7) is 0.0814. The predicted molar refractivity (Wildman–Crippen MR) is 105 cm³/mol. The molecular weight excluding hydrogens is 405 g/mol. The second kappa shape index (κ2) is 7.02. The molecule has 148 valence electrons. The minimum Gasteiger partial charge on any atom is -0.610 e. The molecule has 1 saturated carbocycles. The van der Waals surface area contributed by atoms with Crippen molar-refractivity contribution in [1.82, 2.24) is 14.5 Å². The largest absolute Gasteiger partial charge is 0.610 e. The highest BCUT2D eigenvalue weighted by atomic mass is 32.2. The number of methoxy groups -OCH3 is 2. The summed E-state index contributed by atoms with van der Waals surface area (Å²) in [5.41, 5.74) is -1.28. The van der Waals surface area contributed by atoms with E-state index in [0.29, 0.717) is 39.1 Å². The second-order valence-electron chi connectivity index (χ2n) is 6.56. The number of aromatic nitrogens is 3. The van der Waals surface area contributed by atoms with E-state index in [9.17, 15) is 9.35 Å². The Morgan fingerprint density at radius 2 is 2.07 bits per heavy atom. The molecule has 2 aromatic heterocycles. The van der Waals surface area contributed by atoms with Gasteiger partial charge in [-0.3, -0.25) is 9.36 Å². The fourth-order valence-electron chi connectivity index (χ4n) is 2.99. The smallest absolute Gasteiger partial charge is 0.304 e. The Labute approximate surface area is 167 Å². The van der Waals surface area contributed by atoms with Crippen LogP contribution in [-0.2, 0) is 23.4 Å². The fourth-order valence-corrected chi connectivity index (χ4v) is 4.58. The third-order valence-corrected chi connectivity index (χ3v) is 6.94. The number of halogens is 1. The molecule has 1 unspecified atom stereocenters. The molecule has 0 aliphatic heterocycles. The number of rotatable bonds is 6. The molecule has 0 amide bonds. The molecule has 0 saturated heterocycles. The van der Waals surface area contributed by atoms with Gasteiger partial charge in [-0.25, -0.2) is 9.37 Å². The zero-order valence-electron chi connectivity index (χ0n) is 15.5. The molecule has 1 aliphatic rings. The Hall–Kier alpha value is -2.17. The van der Waals surface area contributed by atoms with Gasteiger partial charge in [0.15, 0.2) is 21.8 Å². The number of ether oxygens (including phenoxy) is 2. The molecule has 1 atom stereocenters. The lowest BCUT2D eigenvalue weighted by Crippen LogP contribution is -2.29. The van der Waals surface area contributed by atoms with Crippen molar-refractivity contribution in [3.05, 3.63) is 39.9 Å². The predicted octanol–water partition coefficient (Wildman–Crippen LogP) is 2.61. The summed E-state index contributed by atoms with van der Waals surface area (Å²) in [4.78, 5) is 22.0. The zero-order chi connectivity index (χ0) is 20.1. The third-order valence-electron chi connectivity index (χ3n) is 4.66. The van der Waals surface area contributed by atoms with Gasteiger partial charge < -0.3 is 14.0 Å². The van der Waals surface area contributed by atoms with E-state index in [2.05, 4.69) is 9.97 Å². The highest BCUT2D eigenvalue weighted by Gasteiger charge is 2.49. The lowest BCUT2D eigenvalue weighted by molar-refractivity contribution is 0.287. The molecule has 1 fully saturated rings. The van der Waals surface area contributed by atoms with E-state index in [1.165, 1.54) is 17.9 Å². The van der Waals surface area contributed by atoms with Crippen LogP contribution in [0.3, 0.4) is 0 Å². The van der Waals surface area contributed by atoms with Gasteiger partial charge in [-0.1, -0.05) is 0 Å². The van der Waals surface area contributed by atoms with E-state index >= 15 is 4.39 Å². The normalized spacial score (nSPS) is 16.2. The van der Waals surface area contributed by atoms with E-state index in [-0.39, 0.29) is 17.9 Å². The van der Waals surface area contributed by atoms with E-state index < -0.39 is 22.4 Å². The number of nitrogens with zero attached hydrogens (tertiary/aromatic N) is 3. The monoisotopic (exact) mass is 423 g/mol. The van der Waals surface area contributed by atoms with Gasteiger partial charge in [0.05, 0.1) is 20.8 Å². The molecule has 2 heterocycles. The Morgan fingerprint density at radius 1 is 1.32 bits per heavy atom. The van der Waals surface area contributed by atoms with E-state index in [4.69, 9.17) is 9.47 Å². The van der Waals surface area contributed by atoms with Crippen LogP contribution in [0, 0.1) is 0 Å². The van der Waals surface area contributed by atoms with Gasteiger partial charge in [0.25, 0.3) is 5.56 Å². The van der Waals surface area contributed by atoms with Crippen molar-refractivity contribution >= 4 is 32.9 Å². The SMILES string of the molecule is COc1ccc(Cn2c(C3(F)CC3)nc3sc([S+](C)[O-])nc3c2=O)c(OC)c1. The van der Waals surface area contributed by atoms with Crippen LogP contribution in [0.1, 0.15) is 24.2 Å². The summed E-state index contributed by atoms with van der Waals surface area (Å²) >= 11 is -0.282. The summed E-state index contributed by atoms with van der Waals surface area (Å²) in [6.07, 6.45) is 2.11. The molecule has 7 nitrogen and oxygen atoms in total. The maximum Gasteiger partial charge on any atom is 0.304 e. The molecule has 1 aromatic carbocycles. The van der Waals surface area contributed by atoms with Crippen LogP contribution in [-0.4, -0.2) is 39.6 Å². The standard InChI is InChI=1S/C18H18FN3O4S2/c1-25-11-5-4-10(12(8-11)26-2)9-22-15(23)13-14(27-17(20-13)28(3)24)21-16(22)18(19)6-7-18/h4-5,8H,6-7,9H2,1-3H3. The van der Waals surface area contributed by atoms with Crippen LogP contribution in [0.5, 0.6) is 11.5 Å². The van der Waals surface area contributed by atoms with Gasteiger partial charge in [-0.05, 0) is 36.3 Å². The number of hydrogen-bond donors (Lipinski definition) is 0. The first-order chi connectivity index (χ1) is 13.4. The summed E-state index contributed by atoms with van der Waals surface area (Å²) in [7, 11) is 3.07. The summed E-state index contributed by atoms with van der Waals surface area (Å²) in [5.74, 6) is 1.22. The van der Waals surface area contributed by atoms with Crippen molar-refractivity contribution in [2.45, 2.75) is 29.4 Å². The first-order valence-electron chi connectivity index (χ1n) is 8.51. The molecule has 3 aromatic rings. The maximum atomic E-state index is 15.0. The fraction of sp³-hybridized carbons (Fsp3) is 0.389. The molecule has 0 radical (unpaired) electrons. The second-order valence-corrected chi connectivity index (χ2v) is 9.09. The zero-order valence-corrected chi connectivity index (χ0v) is 17.2. The van der Waals surface area contributed by atoms with Crippen LogP contribution in [0.25, 0.3) is 10.3 Å². The van der Waals surface area contributed by atoms with Gasteiger partial charge in [-0.15, -0.1) is 0 Å². The van der Waals surface area contributed by atoms with Crippen LogP contribution >= 0.6 is 11.3 Å². The number of benzene rings is 1. The molecule has 0 bridgehead atoms. The van der Waals surface area contributed by atoms with Crippen molar-refractivity contribution in [2.75, 3.05) is 20.5 Å². The molecule has 0 spiro atoms. The van der Waals surface area contributed by atoms with Crippen molar-refractivity contribution in [3.8, 4) is 11.5 Å². The minimum atomic E-state index is -1.62. The van der Waals surface area contributed by atoms with Gasteiger partial charge >= 0.3 is 4.34 Å². The molecule has 28 heavy (non-hydrogen) atoms. The number of alkyl halides is 1. The van der Waals surface area contributed by atoms with Crippen LogP contribution in [0.15, 0.2) is 27.3 Å². The van der Waals surface area contributed by atoms with Crippen molar-refractivity contribution in [1.29, 1.82) is 0 Å². The average Bonchev–Trinajstić information content (AvgIpc) is 3.27. The molecule has 10 heteroatoms. The summed E-state index contributed by atoms with van der Waals surface area (Å²) in [6, 6.07) is 5.22. The number of fused-ring (bicyclic) bond motifs is 1. The van der Waals surface area contributed by atoms with Crippen molar-refractivity contribution in [2.24, 2.45) is 0 Å². The Morgan fingerprint density at radius 3 is 2.68 bits per heavy atom. The van der Waals surface area contributed by atoms with Crippen LogP contribution < -0.4 is 15.0 Å². The first kappa shape index (κ1) is 19.2. The topological polar surface area (TPSA) is 89.3 Å². The summed E-state index contributed by atoms with van der Waals surface area (Å²) in [5, 5.41) is 0. The molecule has 0 N–H and O–H groups in total. The first-order valence-corrected chi connectivity index (χ1v) is 10.9. The molecule has 4 rings (SSSR count). The van der Waals surface area contributed by atoms with E-state index in [0.717, 1.165) is 11.3 Å². The maximum absolute atomic E-state index is 15.0. The third kappa shape index (κ3) is 3.25. The quantitative estimate of drug-likeness (QED) is 0.566. The lowest BCUT2D eigenvalue weighted by Gasteiger charge is -2.16. The van der Waals surface area contributed by atoms with Gasteiger partial charge in [0.1, 0.15) is 17.8 Å². The van der Waals surface area contributed by atoms with Crippen molar-refractivity contribution in [3.63, 3.8) is 0 Å². The van der Waals surface area contributed by atoms with Gasteiger partial charge in [0, 0.05) is 22.8 Å². The van der Waals surface area contributed by atoms with E-state index in [1.807, 2.05) is 0 Å². The van der Waals surface area contributed by atoms with Crippen LogP contribution in [0.2, 0.25) is 0 Å². The average molecular weight is 423 g/mol. The van der Waals surface area contributed by atoms with Gasteiger partial charge in [-0.2, -0.15) is 4.98 Å². The van der Waals surface area contributed by atoms with E-state index in [1.54, 1.807) is 25.3 Å². The van der Waals surface area contributed by atoms with Crippen LogP contribution in [0.4, 0.5) is 4.39 Å². The van der Waals surface area contributed by atoms with Gasteiger partial charge in [0.2, 0.25) is 0 Å². The highest BCUT2D eigenvalue weighted by molar-refractivity contribution is 7.92. The molecular formula is C18H18FN3O4S2. The highest BCUT2D eigenvalue weighted by Crippen LogP contribution is 2.49. The Balaban J connectivity index is 1.88. The minimum absolute atomic E-state index is 0.0814.